The Balaban J connectivity index is 1.31. The molecule has 4 aromatic rings. The number of carboxylic acids is 1. The molecule has 0 aliphatic heterocycles. The smallest absolute Gasteiger partial charge is 0.329 e. The summed E-state index contributed by atoms with van der Waals surface area (Å²) in [5.41, 5.74) is 4.03. The third kappa shape index (κ3) is 7.04. The highest BCUT2D eigenvalue weighted by Gasteiger charge is 2.13. The number of hydrogen-bond donors (Lipinski definition) is 1. The van der Waals surface area contributed by atoms with Crippen LogP contribution in [0.15, 0.2) is 84.9 Å². The van der Waals surface area contributed by atoms with E-state index in [0.29, 0.717) is 24.5 Å². The van der Waals surface area contributed by atoms with Crippen LogP contribution in [0.25, 0.3) is 10.9 Å². The summed E-state index contributed by atoms with van der Waals surface area (Å²) >= 11 is 5.96. The Morgan fingerprint density at radius 3 is 2.41 bits per heavy atom. The molecule has 1 atom stereocenters. The molecule has 5 nitrogen and oxygen atoms in total. The van der Waals surface area contributed by atoms with Gasteiger partial charge in [0, 0.05) is 10.4 Å². The summed E-state index contributed by atoms with van der Waals surface area (Å²) in [6, 6.07) is 27.5. The minimum Gasteiger partial charge on any atom is -0.487 e. The highest BCUT2D eigenvalue weighted by atomic mass is 35.5. The lowest BCUT2D eigenvalue weighted by Gasteiger charge is -2.17. The van der Waals surface area contributed by atoms with Gasteiger partial charge in [-0.3, -0.25) is 0 Å². The molecule has 0 saturated heterocycles. The number of rotatable bonds is 11. The number of hydrogen-bond acceptors (Lipinski definition) is 4. The first-order valence-electron chi connectivity index (χ1n) is 11.2. The van der Waals surface area contributed by atoms with E-state index < -0.39 is 5.97 Å². The summed E-state index contributed by atoms with van der Waals surface area (Å²) in [4.78, 5) is 15.6. The molecule has 0 aliphatic rings. The van der Waals surface area contributed by atoms with Crippen LogP contribution in [-0.2, 0) is 29.0 Å². The van der Waals surface area contributed by atoms with E-state index in [2.05, 4.69) is 11.1 Å². The fourth-order valence-corrected chi connectivity index (χ4v) is 3.87. The van der Waals surface area contributed by atoms with Crippen molar-refractivity contribution in [3.63, 3.8) is 0 Å². The predicted molar refractivity (Wildman–Crippen MR) is 133 cm³/mol. The molecule has 1 N–H and O–H groups in total. The molecule has 4 rings (SSSR count). The largest absolute Gasteiger partial charge is 0.487 e. The van der Waals surface area contributed by atoms with Crippen LogP contribution in [-0.4, -0.2) is 28.8 Å². The molecule has 1 heterocycles. The van der Waals surface area contributed by atoms with Gasteiger partial charge >= 0.3 is 5.97 Å². The van der Waals surface area contributed by atoms with E-state index in [0.717, 1.165) is 39.9 Å². The molecule has 6 heteroatoms. The van der Waals surface area contributed by atoms with Gasteiger partial charge in [0.2, 0.25) is 0 Å². The Labute approximate surface area is 203 Å². The van der Waals surface area contributed by atoms with E-state index in [1.165, 1.54) is 0 Å². The van der Waals surface area contributed by atoms with Crippen LogP contribution in [0.2, 0.25) is 5.02 Å². The second kappa shape index (κ2) is 11.6. The van der Waals surface area contributed by atoms with E-state index >= 15 is 0 Å². The number of halogens is 1. The molecular formula is C28H26ClNO4. The van der Waals surface area contributed by atoms with Crippen LogP contribution >= 0.6 is 11.6 Å². The van der Waals surface area contributed by atoms with Crippen molar-refractivity contribution in [2.45, 2.75) is 32.0 Å². The Hall–Kier alpha value is -3.41. The van der Waals surface area contributed by atoms with Gasteiger partial charge in [-0.25, -0.2) is 9.78 Å². The summed E-state index contributed by atoms with van der Waals surface area (Å²) < 4.78 is 11.5. The molecule has 0 saturated carbocycles. The molecule has 1 aromatic heterocycles. The van der Waals surface area contributed by atoms with Gasteiger partial charge in [0.25, 0.3) is 0 Å². The first-order chi connectivity index (χ1) is 16.5. The molecule has 0 fully saturated rings. The van der Waals surface area contributed by atoms with E-state index in [9.17, 15) is 4.79 Å². The van der Waals surface area contributed by atoms with Crippen LogP contribution in [0.4, 0.5) is 0 Å². The third-order valence-corrected chi connectivity index (χ3v) is 5.79. The molecule has 0 amide bonds. The zero-order chi connectivity index (χ0) is 23.8. The van der Waals surface area contributed by atoms with Crippen LogP contribution < -0.4 is 4.74 Å². The lowest BCUT2D eigenvalue weighted by atomic mass is 10.0. The van der Waals surface area contributed by atoms with Gasteiger partial charge in [0.05, 0.1) is 17.3 Å². The predicted octanol–water partition coefficient (Wildman–Crippen LogP) is 6.11. The van der Waals surface area contributed by atoms with Crippen molar-refractivity contribution in [2.24, 2.45) is 0 Å². The Kier molecular flexibility index (Phi) is 8.12. The minimum absolute atomic E-state index is 0.202. The quantitative estimate of drug-likeness (QED) is 0.283. The number of aromatic nitrogens is 1. The van der Waals surface area contributed by atoms with Crippen LogP contribution in [0, 0.1) is 0 Å². The Morgan fingerprint density at radius 2 is 1.65 bits per heavy atom. The van der Waals surface area contributed by atoms with Crippen molar-refractivity contribution in [3.8, 4) is 5.75 Å². The Morgan fingerprint density at radius 1 is 0.912 bits per heavy atom. The SMILES string of the molecule is O=C(O)COC(CCc1ccc(OCc2ccc3ccccc3n2)cc1)Cc1ccc(Cl)cc1. The number of para-hydroxylation sites is 1. The minimum atomic E-state index is -0.969. The number of ether oxygens (including phenoxy) is 2. The number of aliphatic carboxylic acids is 1. The zero-order valence-corrected chi connectivity index (χ0v) is 19.4. The van der Waals surface area contributed by atoms with Gasteiger partial charge in [0.1, 0.15) is 19.0 Å². The molecule has 1 unspecified atom stereocenters. The zero-order valence-electron chi connectivity index (χ0n) is 18.7. The van der Waals surface area contributed by atoms with Crippen molar-refractivity contribution in [1.82, 2.24) is 4.98 Å². The van der Waals surface area contributed by atoms with Gasteiger partial charge in [-0.2, -0.15) is 0 Å². The van der Waals surface area contributed by atoms with Crippen molar-refractivity contribution in [1.29, 1.82) is 0 Å². The summed E-state index contributed by atoms with van der Waals surface area (Å²) in [5.74, 6) is -0.193. The van der Waals surface area contributed by atoms with E-state index in [1.54, 1.807) is 0 Å². The van der Waals surface area contributed by atoms with Crippen molar-refractivity contribution >= 4 is 28.5 Å². The molecule has 0 radical (unpaired) electrons. The fourth-order valence-electron chi connectivity index (χ4n) is 3.74. The second-order valence-electron chi connectivity index (χ2n) is 8.12. The molecule has 0 bridgehead atoms. The third-order valence-electron chi connectivity index (χ3n) is 5.54. The van der Waals surface area contributed by atoms with E-state index in [1.807, 2.05) is 78.9 Å². The first kappa shape index (κ1) is 23.7. The van der Waals surface area contributed by atoms with Crippen molar-refractivity contribution in [3.05, 3.63) is 107 Å². The van der Waals surface area contributed by atoms with E-state index in [-0.39, 0.29) is 12.7 Å². The van der Waals surface area contributed by atoms with Gasteiger partial charge in [-0.05, 0) is 66.8 Å². The molecule has 3 aromatic carbocycles. The van der Waals surface area contributed by atoms with Crippen molar-refractivity contribution < 1.29 is 19.4 Å². The first-order valence-corrected chi connectivity index (χ1v) is 11.6. The summed E-state index contributed by atoms with van der Waals surface area (Å²) in [6.07, 6.45) is 1.90. The van der Waals surface area contributed by atoms with Gasteiger partial charge < -0.3 is 14.6 Å². The number of fused-ring (bicyclic) bond motifs is 1. The Bertz CT molecular complexity index is 1230. The number of aryl methyl sites for hydroxylation is 1. The molecule has 0 spiro atoms. The molecular weight excluding hydrogens is 450 g/mol. The normalized spacial score (nSPS) is 11.9. The number of carbonyl (C=O) groups is 1. The average Bonchev–Trinajstić information content (AvgIpc) is 2.86. The topological polar surface area (TPSA) is 68.7 Å². The number of nitrogens with zero attached hydrogens (tertiary/aromatic N) is 1. The molecule has 34 heavy (non-hydrogen) atoms. The van der Waals surface area contributed by atoms with Crippen LogP contribution in [0.1, 0.15) is 23.2 Å². The standard InChI is InChI=1S/C28H26ClNO4/c29-23-11-5-21(6-12-23)17-26(34-19-28(31)32)16-9-20-7-14-25(15-8-20)33-18-24-13-10-22-3-1-2-4-27(22)30-24/h1-8,10-15,26H,9,16-19H2,(H,31,32). The highest BCUT2D eigenvalue weighted by molar-refractivity contribution is 6.30. The second-order valence-corrected chi connectivity index (χ2v) is 8.56. The highest BCUT2D eigenvalue weighted by Crippen LogP contribution is 2.19. The van der Waals surface area contributed by atoms with Gasteiger partial charge in [-0.1, -0.05) is 60.1 Å². The lowest BCUT2D eigenvalue weighted by Crippen LogP contribution is -2.21. The number of carboxylic acid groups (broad SMARTS) is 1. The lowest BCUT2D eigenvalue weighted by molar-refractivity contribution is -0.144. The maximum Gasteiger partial charge on any atom is 0.329 e. The fraction of sp³-hybridized carbons (Fsp3) is 0.214. The maximum atomic E-state index is 11.0. The average molecular weight is 476 g/mol. The molecule has 0 aliphatic carbocycles. The van der Waals surface area contributed by atoms with Crippen molar-refractivity contribution in [2.75, 3.05) is 6.61 Å². The number of benzene rings is 3. The van der Waals surface area contributed by atoms with Crippen LogP contribution in [0.5, 0.6) is 5.75 Å². The van der Waals surface area contributed by atoms with Gasteiger partial charge in [-0.15, -0.1) is 0 Å². The summed E-state index contributed by atoms with van der Waals surface area (Å²) in [7, 11) is 0. The molecule has 174 valence electrons. The van der Waals surface area contributed by atoms with Gasteiger partial charge in [0.15, 0.2) is 0 Å². The monoisotopic (exact) mass is 475 g/mol. The van der Waals surface area contributed by atoms with Crippen LogP contribution in [0.3, 0.4) is 0 Å². The summed E-state index contributed by atoms with van der Waals surface area (Å²) in [6.45, 7) is 0.0875. The summed E-state index contributed by atoms with van der Waals surface area (Å²) in [5, 5.41) is 10.8. The maximum absolute atomic E-state index is 11.0. The number of pyridine rings is 1. The van der Waals surface area contributed by atoms with E-state index in [4.69, 9.17) is 26.2 Å².